The molecule has 1 rings (SSSR count). The van der Waals surface area contributed by atoms with Crippen molar-refractivity contribution in [3.63, 3.8) is 0 Å². The van der Waals surface area contributed by atoms with E-state index in [1.54, 1.807) is 12.1 Å². The van der Waals surface area contributed by atoms with Crippen LogP contribution in [0.3, 0.4) is 0 Å². The van der Waals surface area contributed by atoms with E-state index in [0.29, 0.717) is 0 Å². The van der Waals surface area contributed by atoms with Gasteiger partial charge in [-0.3, -0.25) is 0 Å². The molecule has 0 aromatic heterocycles. The maximum absolute atomic E-state index is 12.2. The third kappa shape index (κ3) is 3.55. The molecule has 2 N–H and O–H groups in total. The molecule has 0 spiro atoms. The van der Waals surface area contributed by atoms with E-state index in [1.807, 2.05) is 26.0 Å². The van der Waals surface area contributed by atoms with Crippen LogP contribution in [0.1, 0.15) is 25.0 Å². The predicted octanol–water partition coefficient (Wildman–Crippen LogP) is 2.44. The van der Waals surface area contributed by atoms with Crippen molar-refractivity contribution in [1.29, 1.82) is 0 Å². The molecule has 0 aliphatic rings. The Kier molecular flexibility index (Phi) is 3.04. The lowest BCUT2D eigenvalue weighted by Gasteiger charge is -2.18. The molecule has 1 aromatic rings. The van der Waals surface area contributed by atoms with Gasteiger partial charge in [-0.25, -0.2) is 4.39 Å². The van der Waals surface area contributed by atoms with E-state index < -0.39 is 6.67 Å². The minimum Gasteiger partial charge on any atom is -0.325 e. The zero-order valence-electron chi connectivity index (χ0n) is 8.18. The molecule has 0 saturated carbocycles. The van der Waals surface area contributed by atoms with Crippen molar-refractivity contribution in [2.75, 3.05) is 0 Å². The Morgan fingerprint density at radius 3 is 2.00 bits per heavy atom. The van der Waals surface area contributed by atoms with Gasteiger partial charge in [-0.15, -0.1) is 0 Å². The molecule has 0 radical (unpaired) electrons. The standard InChI is InChI=1S/C11H16FN/c1-11(2,13)7-9-3-5-10(8-12)6-4-9/h3-6H,7-8,13H2,1-2H3. The summed E-state index contributed by atoms with van der Waals surface area (Å²) in [5, 5.41) is 0. The lowest BCUT2D eigenvalue weighted by atomic mass is 9.96. The van der Waals surface area contributed by atoms with Crippen LogP contribution in [0.25, 0.3) is 0 Å². The van der Waals surface area contributed by atoms with Crippen LogP contribution in [0.15, 0.2) is 24.3 Å². The van der Waals surface area contributed by atoms with Crippen LogP contribution in [0, 0.1) is 0 Å². The monoisotopic (exact) mass is 181 g/mol. The molecular formula is C11H16FN. The highest BCUT2D eigenvalue weighted by atomic mass is 19.1. The Balaban J connectivity index is 2.70. The Bertz CT molecular complexity index is 258. The number of benzene rings is 1. The summed E-state index contributed by atoms with van der Waals surface area (Å²) in [7, 11) is 0. The number of hydrogen-bond acceptors (Lipinski definition) is 1. The van der Waals surface area contributed by atoms with E-state index >= 15 is 0 Å². The Hall–Kier alpha value is -0.890. The average molecular weight is 181 g/mol. The van der Waals surface area contributed by atoms with E-state index in [1.165, 1.54) is 0 Å². The molecule has 72 valence electrons. The highest BCUT2D eigenvalue weighted by Gasteiger charge is 2.10. The van der Waals surface area contributed by atoms with Gasteiger partial charge in [0.15, 0.2) is 0 Å². The smallest absolute Gasteiger partial charge is 0.115 e. The molecule has 0 aliphatic carbocycles. The molecule has 1 aromatic carbocycles. The van der Waals surface area contributed by atoms with Crippen molar-refractivity contribution in [2.24, 2.45) is 5.73 Å². The molecule has 0 unspecified atom stereocenters. The van der Waals surface area contributed by atoms with Crippen molar-refractivity contribution in [1.82, 2.24) is 0 Å². The maximum atomic E-state index is 12.2. The normalized spacial score (nSPS) is 11.7. The Labute approximate surface area is 78.8 Å². The second-order valence-electron chi connectivity index (χ2n) is 4.12. The number of rotatable bonds is 3. The van der Waals surface area contributed by atoms with Crippen molar-refractivity contribution in [3.8, 4) is 0 Å². The first-order chi connectivity index (χ1) is 6.01. The maximum Gasteiger partial charge on any atom is 0.115 e. The van der Waals surface area contributed by atoms with Gasteiger partial charge in [-0.05, 0) is 31.4 Å². The summed E-state index contributed by atoms with van der Waals surface area (Å²) >= 11 is 0. The molecule has 0 atom stereocenters. The lowest BCUT2D eigenvalue weighted by Crippen LogP contribution is -2.34. The fourth-order valence-electron chi connectivity index (χ4n) is 1.27. The van der Waals surface area contributed by atoms with Gasteiger partial charge in [-0.1, -0.05) is 24.3 Å². The van der Waals surface area contributed by atoms with Gasteiger partial charge in [-0.2, -0.15) is 0 Å². The van der Waals surface area contributed by atoms with Crippen LogP contribution in [0.2, 0.25) is 0 Å². The summed E-state index contributed by atoms with van der Waals surface area (Å²) in [5.41, 5.74) is 7.54. The van der Waals surface area contributed by atoms with E-state index in [2.05, 4.69) is 0 Å². The number of halogens is 1. The van der Waals surface area contributed by atoms with Crippen molar-refractivity contribution in [3.05, 3.63) is 35.4 Å². The predicted molar refractivity (Wildman–Crippen MR) is 53.2 cm³/mol. The highest BCUT2D eigenvalue weighted by Crippen LogP contribution is 2.11. The quantitative estimate of drug-likeness (QED) is 0.761. The van der Waals surface area contributed by atoms with E-state index in [9.17, 15) is 4.39 Å². The highest BCUT2D eigenvalue weighted by molar-refractivity contribution is 5.23. The number of hydrogen-bond donors (Lipinski definition) is 1. The third-order valence-corrected chi connectivity index (χ3v) is 1.84. The van der Waals surface area contributed by atoms with Gasteiger partial charge < -0.3 is 5.73 Å². The molecule has 1 nitrogen and oxygen atoms in total. The summed E-state index contributed by atoms with van der Waals surface area (Å²) in [6, 6.07) is 7.48. The molecule has 13 heavy (non-hydrogen) atoms. The fourth-order valence-corrected chi connectivity index (χ4v) is 1.27. The minimum atomic E-state index is -0.397. The van der Waals surface area contributed by atoms with Crippen molar-refractivity contribution in [2.45, 2.75) is 32.5 Å². The van der Waals surface area contributed by atoms with Crippen LogP contribution in [0.4, 0.5) is 4.39 Å². The topological polar surface area (TPSA) is 26.0 Å². The molecule has 0 heterocycles. The summed E-state index contributed by atoms with van der Waals surface area (Å²) in [4.78, 5) is 0. The largest absolute Gasteiger partial charge is 0.325 e. The molecule has 0 fully saturated rings. The lowest BCUT2D eigenvalue weighted by molar-refractivity contribution is 0.484. The molecule has 2 heteroatoms. The van der Waals surface area contributed by atoms with Gasteiger partial charge in [0.05, 0.1) is 0 Å². The van der Waals surface area contributed by atoms with Crippen LogP contribution >= 0.6 is 0 Å². The first kappa shape index (κ1) is 10.2. The fraction of sp³-hybridized carbons (Fsp3) is 0.455. The first-order valence-electron chi connectivity index (χ1n) is 4.44. The molecule has 0 amide bonds. The zero-order valence-corrected chi connectivity index (χ0v) is 8.18. The van der Waals surface area contributed by atoms with E-state index in [0.717, 1.165) is 17.5 Å². The third-order valence-electron chi connectivity index (χ3n) is 1.84. The molecule has 0 bridgehead atoms. The van der Waals surface area contributed by atoms with Gasteiger partial charge in [0.2, 0.25) is 0 Å². The second kappa shape index (κ2) is 3.88. The Morgan fingerprint density at radius 1 is 1.15 bits per heavy atom. The minimum absolute atomic E-state index is 0.197. The molecular weight excluding hydrogens is 165 g/mol. The van der Waals surface area contributed by atoms with Gasteiger partial charge in [0, 0.05) is 5.54 Å². The Morgan fingerprint density at radius 2 is 1.62 bits per heavy atom. The number of alkyl halides is 1. The van der Waals surface area contributed by atoms with Crippen molar-refractivity contribution >= 4 is 0 Å². The van der Waals surface area contributed by atoms with Crippen LogP contribution in [-0.4, -0.2) is 5.54 Å². The summed E-state index contributed by atoms with van der Waals surface area (Å²) in [6.45, 7) is 3.57. The number of nitrogens with two attached hydrogens (primary N) is 1. The molecule has 0 aliphatic heterocycles. The van der Waals surface area contributed by atoms with Gasteiger partial charge in [0.1, 0.15) is 6.67 Å². The summed E-state index contributed by atoms with van der Waals surface area (Å²) < 4.78 is 12.2. The van der Waals surface area contributed by atoms with Crippen LogP contribution in [-0.2, 0) is 13.1 Å². The van der Waals surface area contributed by atoms with E-state index in [-0.39, 0.29) is 5.54 Å². The van der Waals surface area contributed by atoms with Crippen LogP contribution in [0.5, 0.6) is 0 Å². The first-order valence-corrected chi connectivity index (χ1v) is 4.44. The average Bonchev–Trinajstić information content (AvgIpc) is 2.03. The molecule has 0 saturated heterocycles. The van der Waals surface area contributed by atoms with E-state index in [4.69, 9.17) is 5.73 Å². The summed E-state index contributed by atoms with van der Waals surface area (Å²) in [6.07, 6.45) is 0.819. The zero-order chi connectivity index (χ0) is 9.90. The summed E-state index contributed by atoms with van der Waals surface area (Å²) in [5.74, 6) is 0. The SMILES string of the molecule is CC(C)(N)Cc1ccc(CF)cc1. The van der Waals surface area contributed by atoms with Crippen molar-refractivity contribution < 1.29 is 4.39 Å². The second-order valence-corrected chi connectivity index (χ2v) is 4.12. The van der Waals surface area contributed by atoms with Gasteiger partial charge in [0.25, 0.3) is 0 Å². The van der Waals surface area contributed by atoms with Gasteiger partial charge >= 0.3 is 0 Å². The van der Waals surface area contributed by atoms with Crippen LogP contribution < -0.4 is 5.73 Å².